The molecule has 35 heavy (non-hydrogen) atoms. The molecule has 0 aliphatic heterocycles. The van der Waals surface area contributed by atoms with Gasteiger partial charge in [-0.25, -0.2) is 10.1 Å². The maximum Gasteiger partial charge on any atom is 0.459 e. The van der Waals surface area contributed by atoms with Crippen LogP contribution < -0.4 is 10.9 Å². The van der Waals surface area contributed by atoms with E-state index in [2.05, 4.69) is 15.4 Å². The van der Waals surface area contributed by atoms with Crippen molar-refractivity contribution in [3.05, 3.63) is 69.9 Å². The summed E-state index contributed by atoms with van der Waals surface area (Å²) in [7, 11) is 0. The number of aromatic amines is 1. The van der Waals surface area contributed by atoms with Gasteiger partial charge >= 0.3 is 12.1 Å². The first-order valence-corrected chi connectivity index (χ1v) is 11.6. The first-order chi connectivity index (χ1) is 16.5. The molecule has 3 aromatic rings. The fraction of sp³-hybridized carbons (Fsp3) is 0.304. The van der Waals surface area contributed by atoms with Gasteiger partial charge in [-0.1, -0.05) is 31.2 Å². The molecule has 0 spiro atoms. The van der Waals surface area contributed by atoms with Crippen molar-refractivity contribution in [2.45, 2.75) is 42.7 Å². The molecule has 0 saturated heterocycles. The van der Waals surface area contributed by atoms with E-state index in [1.54, 1.807) is 11.2 Å². The number of carbonyl (C=O) groups is 1. The molecule has 0 atom stereocenters. The molecule has 1 saturated carbocycles. The maximum absolute atomic E-state index is 13.6. The van der Waals surface area contributed by atoms with Crippen LogP contribution in [0.5, 0.6) is 0 Å². The second kappa shape index (κ2) is 9.40. The molecule has 0 unspecified atom stereocenters. The van der Waals surface area contributed by atoms with E-state index in [0.29, 0.717) is 16.6 Å². The van der Waals surface area contributed by atoms with Crippen molar-refractivity contribution in [3.63, 3.8) is 0 Å². The van der Waals surface area contributed by atoms with E-state index in [1.807, 2.05) is 31.2 Å². The number of hydrogen-bond acceptors (Lipinski definition) is 5. The average molecular weight is 510 g/mol. The summed E-state index contributed by atoms with van der Waals surface area (Å²) >= 11 is 1.29. The van der Waals surface area contributed by atoms with Gasteiger partial charge in [0, 0.05) is 16.7 Å². The van der Waals surface area contributed by atoms with Crippen LogP contribution in [0.25, 0.3) is 11.1 Å². The summed E-state index contributed by atoms with van der Waals surface area (Å²) in [6.07, 6.45) is -2.12. The second-order valence-electron chi connectivity index (χ2n) is 7.92. The molecule has 1 aliphatic rings. The SMILES string of the molecule is CCSc1cc(-c2ccc(C3CC3)cc2)cnc1C(=O)Nc1cc(C(F)(F)C(F)(F)F)n[nH]c1=O. The zero-order chi connectivity index (χ0) is 25.4. The highest BCUT2D eigenvalue weighted by Crippen LogP contribution is 2.43. The van der Waals surface area contributed by atoms with E-state index in [4.69, 9.17) is 0 Å². The lowest BCUT2D eigenvalue weighted by Gasteiger charge is -2.18. The van der Waals surface area contributed by atoms with Crippen molar-refractivity contribution >= 4 is 23.4 Å². The summed E-state index contributed by atoms with van der Waals surface area (Å²) in [5.74, 6) is -5.08. The number of carbonyl (C=O) groups excluding carboxylic acids is 1. The van der Waals surface area contributed by atoms with Crippen LogP contribution in [-0.2, 0) is 5.92 Å². The molecule has 184 valence electrons. The van der Waals surface area contributed by atoms with E-state index >= 15 is 0 Å². The molecule has 6 nitrogen and oxygen atoms in total. The van der Waals surface area contributed by atoms with Crippen LogP contribution in [-0.4, -0.2) is 33.0 Å². The Morgan fingerprint density at radius 1 is 1.11 bits per heavy atom. The number of rotatable bonds is 7. The third kappa shape index (κ3) is 5.21. The molecule has 12 heteroatoms. The Morgan fingerprint density at radius 3 is 2.40 bits per heavy atom. The normalized spacial score (nSPS) is 14.1. The van der Waals surface area contributed by atoms with E-state index in [1.165, 1.54) is 36.4 Å². The minimum absolute atomic E-state index is 0.101. The van der Waals surface area contributed by atoms with Gasteiger partial charge in [0.2, 0.25) is 0 Å². The Kier molecular flexibility index (Phi) is 6.67. The lowest BCUT2D eigenvalue weighted by Crippen LogP contribution is -2.36. The fourth-order valence-corrected chi connectivity index (χ4v) is 4.19. The summed E-state index contributed by atoms with van der Waals surface area (Å²) in [6, 6.07) is 9.96. The molecular formula is C23H19F5N4O2S. The van der Waals surface area contributed by atoms with Crippen LogP contribution in [0.1, 0.15) is 47.4 Å². The Bertz CT molecular complexity index is 1300. The smallest absolute Gasteiger partial charge is 0.316 e. The van der Waals surface area contributed by atoms with Crippen molar-refractivity contribution in [1.82, 2.24) is 15.2 Å². The minimum atomic E-state index is -5.93. The number of alkyl halides is 5. The Hall–Kier alpha value is -3.28. The van der Waals surface area contributed by atoms with Crippen molar-refractivity contribution in [3.8, 4) is 11.1 Å². The average Bonchev–Trinajstić information content (AvgIpc) is 3.65. The standard InChI is InChI=1S/C23H19F5N4O2S/c1-2-35-17-9-15(14-7-5-13(6-8-14)12-3-4-12)11-29-19(17)21(34)30-16-10-18(31-32-20(16)33)22(24,25)23(26,27)28/h5-12H,2-4H2,1H3,(H,32,33)(H,30,31,34). The number of halogens is 5. The van der Waals surface area contributed by atoms with Crippen LogP contribution >= 0.6 is 11.8 Å². The summed E-state index contributed by atoms with van der Waals surface area (Å²) in [5, 5.41) is 6.43. The highest BCUT2D eigenvalue weighted by molar-refractivity contribution is 7.99. The maximum atomic E-state index is 13.6. The third-order valence-electron chi connectivity index (χ3n) is 5.39. The topological polar surface area (TPSA) is 87.7 Å². The molecule has 1 fully saturated rings. The number of anilines is 1. The zero-order valence-electron chi connectivity index (χ0n) is 18.2. The predicted octanol–water partition coefficient (Wildman–Crippen LogP) is 5.73. The van der Waals surface area contributed by atoms with Gasteiger partial charge in [-0.3, -0.25) is 9.59 Å². The molecule has 0 bridgehead atoms. The Balaban J connectivity index is 1.62. The minimum Gasteiger partial charge on any atom is -0.316 e. The van der Waals surface area contributed by atoms with Crippen molar-refractivity contribution in [2.24, 2.45) is 0 Å². The molecule has 4 rings (SSSR count). The number of nitrogens with one attached hydrogen (secondary N) is 2. The first-order valence-electron chi connectivity index (χ1n) is 10.6. The van der Waals surface area contributed by atoms with E-state index in [-0.39, 0.29) is 11.8 Å². The highest BCUT2D eigenvalue weighted by Gasteiger charge is 2.60. The quantitative estimate of drug-likeness (QED) is 0.313. The molecule has 0 radical (unpaired) electrons. The van der Waals surface area contributed by atoms with E-state index < -0.39 is 34.9 Å². The van der Waals surface area contributed by atoms with Gasteiger partial charge in [0.25, 0.3) is 11.5 Å². The molecule has 1 aromatic carbocycles. The first kappa shape index (κ1) is 24.8. The molecule has 2 aromatic heterocycles. The molecular weight excluding hydrogens is 491 g/mol. The fourth-order valence-electron chi connectivity index (χ4n) is 3.39. The van der Waals surface area contributed by atoms with Gasteiger partial charge in [0.15, 0.2) is 0 Å². The number of thioether (sulfide) groups is 1. The van der Waals surface area contributed by atoms with E-state index in [9.17, 15) is 31.5 Å². The van der Waals surface area contributed by atoms with Gasteiger partial charge in [-0.2, -0.15) is 27.1 Å². The van der Waals surface area contributed by atoms with Crippen LogP contribution in [0.4, 0.5) is 27.6 Å². The lowest BCUT2D eigenvalue weighted by atomic mass is 10.0. The summed E-state index contributed by atoms with van der Waals surface area (Å²) in [4.78, 5) is 29.4. The van der Waals surface area contributed by atoms with Gasteiger partial charge < -0.3 is 5.32 Å². The molecule has 2 N–H and O–H groups in total. The number of amides is 1. The van der Waals surface area contributed by atoms with Gasteiger partial charge in [-0.05, 0) is 47.8 Å². The summed E-state index contributed by atoms with van der Waals surface area (Å²) < 4.78 is 65.3. The molecule has 1 aliphatic carbocycles. The van der Waals surface area contributed by atoms with Gasteiger partial charge in [0.05, 0.1) is 0 Å². The number of pyridine rings is 1. The predicted molar refractivity (Wildman–Crippen MR) is 121 cm³/mol. The Morgan fingerprint density at radius 2 is 1.80 bits per heavy atom. The van der Waals surface area contributed by atoms with Crippen LogP contribution in [0.3, 0.4) is 0 Å². The number of benzene rings is 1. The Labute approximate surface area is 200 Å². The number of hydrogen-bond donors (Lipinski definition) is 2. The van der Waals surface area contributed by atoms with Crippen molar-refractivity contribution in [2.75, 3.05) is 11.1 Å². The zero-order valence-corrected chi connectivity index (χ0v) is 19.1. The number of H-pyrrole nitrogens is 1. The highest BCUT2D eigenvalue weighted by atomic mass is 32.2. The van der Waals surface area contributed by atoms with Crippen LogP contribution in [0.15, 0.2) is 52.3 Å². The largest absolute Gasteiger partial charge is 0.459 e. The molecule has 1 amide bonds. The van der Waals surface area contributed by atoms with Crippen molar-refractivity contribution in [1.29, 1.82) is 0 Å². The third-order valence-corrected chi connectivity index (χ3v) is 6.30. The van der Waals surface area contributed by atoms with Crippen LogP contribution in [0, 0.1) is 0 Å². The molecule has 2 heterocycles. The second-order valence-corrected chi connectivity index (χ2v) is 9.23. The summed E-state index contributed by atoms with van der Waals surface area (Å²) in [6.45, 7) is 1.85. The van der Waals surface area contributed by atoms with Gasteiger partial charge in [0.1, 0.15) is 17.1 Å². The van der Waals surface area contributed by atoms with Gasteiger partial charge in [-0.15, -0.1) is 11.8 Å². The lowest BCUT2D eigenvalue weighted by molar-refractivity contribution is -0.291. The summed E-state index contributed by atoms with van der Waals surface area (Å²) in [5.41, 5.74) is -0.907. The van der Waals surface area contributed by atoms with E-state index in [0.717, 1.165) is 11.1 Å². The number of aromatic nitrogens is 3. The van der Waals surface area contributed by atoms with Crippen LogP contribution in [0.2, 0.25) is 0 Å². The number of nitrogens with zero attached hydrogens (tertiary/aromatic N) is 2. The monoisotopic (exact) mass is 510 g/mol. The van der Waals surface area contributed by atoms with Crippen molar-refractivity contribution < 1.29 is 26.7 Å².